The maximum atomic E-state index is 10.6. The third-order valence-corrected chi connectivity index (χ3v) is 7.19. The Morgan fingerprint density at radius 2 is 1.45 bits per heavy atom. The van der Waals surface area contributed by atoms with Crippen LogP contribution in [0.25, 0.3) is 10.8 Å². The summed E-state index contributed by atoms with van der Waals surface area (Å²) in [5.41, 5.74) is 2.47. The van der Waals surface area contributed by atoms with E-state index < -0.39 is 7.92 Å². The molecule has 0 saturated carbocycles. The Hall–Kier alpha value is -1.40. The molecule has 2 nitrogen and oxygen atoms in total. The van der Waals surface area contributed by atoms with E-state index in [9.17, 15) is 9.90 Å². The Kier molecular flexibility index (Phi) is 8.90. The van der Waals surface area contributed by atoms with Crippen molar-refractivity contribution in [2.24, 2.45) is 16.2 Å². The monoisotopic (exact) mass is 416 g/mol. The van der Waals surface area contributed by atoms with Gasteiger partial charge in [-0.25, -0.2) is 0 Å². The number of aromatic hydroxyl groups is 1. The predicted octanol–water partition coefficient (Wildman–Crippen LogP) is 7.88. The molecule has 0 aliphatic carbocycles. The van der Waals surface area contributed by atoms with Gasteiger partial charge in [-0.3, -0.25) is 4.79 Å². The van der Waals surface area contributed by atoms with Crippen molar-refractivity contribution in [1.29, 1.82) is 0 Å². The van der Waals surface area contributed by atoms with Gasteiger partial charge in [0.2, 0.25) is 0 Å². The zero-order valence-corrected chi connectivity index (χ0v) is 20.9. The third-order valence-electron chi connectivity index (χ3n) is 5.91. The lowest BCUT2D eigenvalue weighted by atomic mass is 9.63. The van der Waals surface area contributed by atoms with E-state index in [4.69, 9.17) is 0 Å². The van der Waals surface area contributed by atoms with Gasteiger partial charge in [0.15, 0.2) is 0 Å². The van der Waals surface area contributed by atoms with E-state index in [1.54, 1.807) is 6.07 Å². The van der Waals surface area contributed by atoms with E-state index in [0.29, 0.717) is 22.0 Å². The molecule has 0 radical (unpaired) electrons. The van der Waals surface area contributed by atoms with Gasteiger partial charge >= 0.3 is 0 Å². The maximum absolute atomic E-state index is 10.6. The Morgan fingerprint density at radius 1 is 0.897 bits per heavy atom. The number of rotatable bonds is 5. The molecule has 0 aliphatic heterocycles. The number of aryl methyl sites for hydroxylation is 1. The molecule has 2 aromatic rings. The molecule has 29 heavy (non-hydrogen) atoms. The fraction of sp³-hybridized carbons (Fsp3) is 0.577. The van der Waals surface area contributed by atoms with Gasteiger partial charge in [0.25, 0.3) is 0 Å². The van der Waals surface area contributed by atoms with E-state index in [1.165, 1.54) is 12.0 Å². The fourth-order valence-electron chi connectivity index (χ4n) is 3.52. The Morgan fingerprint density at radius 3 is 1.93 bits per heavy atom. The Bertz CT molecular complexity index is 794. The summed E-state index contributed by atoms with van der Waals surface area (Å²) in [7, 11) is -0.508. The highest BCUT2D eigenvalue weighted by molar-refractivity contribution is 7.71. The highest BCUT2D eigenvalue weighted by Crippen LogP contribution is 2.45. The van der Waals surface area contributed by atoms with Crippen molar-refractivity contribution in [3.8, 4) is 5.75 Å². The van der Waals surface area contributed by atoms with Gasteiger partial charge in [0, 0.05) is 5.39 Å². The first-order valence-corrected chi connectivity index (χ1v) is 12.6. The number of fused-ring (bicyclic) bond motifs is 1. The highest BCUT2D eigenvalue weighted by atomic mass is 31.1. The SMILES string of the molecule is CC(C)(C)CC(C)(C)C(C)(C)C.CP(C=O)CCc1cccc2c(O)cccc12. The van der Waals surface area contributed by atoms with Gasteiger partial charge in [-0.2, -0.15) is 0 Å². The van der Waals surface area contributed by atoms with Gasteiger partial charge in [0.05, 0.1) is 0 Å². The largest absolute Gasteiger partial charge is 0.507 e. The number of carbonyl (C=O) groups excluding carboxylic acids is 1. The summed E-state index contributed by atoms with van der Waals surface area (Å²) in [5.74, 6) is 0.318. The molecule has 3 heteroatoms. The normalized spacial score (nSPS) is 13.6. The van der Waals surface area contributed by atoms with Gasteiger partial charge < -0.3 is 5.11 Å². The summed E-state index contributed by atoms with van der Waals surface area (Å²) in [6.45, 7) is 20.7. The zero-order valence-electron chi connectivity index (χ0n) is 20.0. The van der Waals surface area contributed by atoms with Crippen molar-refractivity contribution in [1.82, 2.24) is 0 Å². The molecule has 2 rings (SSSR count). The van der Waals surface area contributed by atoms with E-state index in [1.807, 2.05) is 30.9 Å². The van der Waals surface area contributed by atoms with Gasteiger partial charge in [-0.1, -0.05) is 85.7 Å². The van der Waals surface area contributed by atoms with Crippen molar-refractivity contribution >= 4 is 24.7 Å². The molecule has 1 unspecified atom stereocenters. The topological polar surface area (TPSA) is 37.3 Å². The van der Waals surface area contributed by atoms with Crippen molar-refractivity contribution in [3.63, 3.8) is 0 Å². The number of phenols is 1. The minimum absolute atomic E-state index is 0.318. The summed E-state index contributed by atoms with van der Waals surface area (Å²) in [5, 5.41) is 11.7. The van der Waals surface area contributed by atoms with E-state index in [0.717, 1.165) is 29.4 Å². The molecule has 1 atom stereocenters. The molecular weight excluding hydrogens is 375 g/mol. The standard InChI is InChI=1S/C14H15O2P.C12H26/c1-17(10-15)9-8-11-4-2-6-13-12(11)5-3-7-14(13)16;1-10(2,3)9-12(7,8)11(4,5)6/h2-7,10,16H,8-9H2,1H3;9H2,1-8H3. The third kappa shape index (κ3) is 8.09. The van der Waals surface area contributed by atoms with Gasteiger partial charge in [-0.15, -0.1) is 0 Å². The number of carbonyl (C=O) groups is 1. The summed E-state index contributed by atoms with van der Waals surface area (Å²) in [4.78, 5) is 10.6. The Labute approximate surface area is 179 Å². The summed E-state index contributed by atoms with van der Waals surface area (Å²) < 4.78 is 0. The van der Waals surface area contributed by atoms with Crippen LogP contribution in [0.5, 0.6) is 5.75 Å². The lowest BCUT2D eigenvalue weighted by Crippen LogP contribution is -2.33. The van der Waals surface area contributed by atoms with Crippen LogP contribution in [0.2, 0.25) is 0 Å². The van der Waals surface area contributed by atoms with Crippen LogP contribution in [0.4, 0.5) is 0 Å². The van der Waals surface area contributed by atoms with Crippen LogP contribution < -0.4 is 0 Å². The van der Waals surface area contributed by atoms with Gasteiger partial charge in [0.1, 0.15) is 11.8 Å². The first kappa shape index (κ1) is 25.6. The molecule has 0 spiro atoms. The van der Waals surface area contributed by atoms with E-state index in [2.05, 4.69) is 61.5 Å². The lowest BCUT2D eigenvalue weighted by molar-refractivity contribution is 0.0743. The van der Waals surface area contributed by atoms with E-state index in [-0.39, 0.29) is 0 Å². The number of phenolic OH excluding ortho intramolecular Hbond substituents is 1. The van der Waals surface area contributed by atoms with Crippen LogP contribution in [0.3, 0.4) is 0 Å². The van der Waals surface area contributed by atoms with Crippen molar-refractivity contribution < 1.29 is 9.90 Å². The van der Waals surface area contributed by atoms with Crippen LogP contribution in [0.1, 0.15) is 67.4 Å². The molecule has 0 fully saturated rings. The number of hydrogen-bond acceptors (Lipinski definition) is 2. The number of benzene rings is 2. The maximum Gasteiger partial charge on any atom is 0.141 e. The molecule has 1 N–H and O–H groups in total. The zero-order chi connectivity index (χ0) is 22.5. The first-order valence-electron chi connectivity index (χ1n) is 10.5. The molecule has 0 heterocycles. The molecule has 0 bridgehead atoms. The highest BCUT2D eigenvalue weighted by Gasteiger charge is 2.35. The van der Waals surface area contributed by atoms with Crippen LogP contribution in [-0.4, -0.2) is 24.0 Å². The summed E-state index contributed by atoms with van der Waals surface area (Å²) in [6.07, 6.45) is 3.08. The van der Waals surface area contributed by atoms with Crippen LogP contribution in [-0.2, 0) is 11.2 Å². The minimum Gasteiger partial charge on any atom is -0.507 e. The number of hydrogen-bond donors (Lipinski definition) is 1. The molecule has 0 aliphatic rings. The molecule has 0 amide bonds. The van der Waals surface area contributed by atoms with E-state index >= 15 is 0 Å². The molecule has 162 valence electrons. The summed E-state index contributed by atoms with van der Waals surface area (Å²) >= 11 is 0. The average molecular weight is 417 g/mol. The lowest BCUT2D eigenvalue weighted by Gasteiger charge is -2.43. The average Bonchev–Trinajstić information content (AvgIpc) is 2.57. The van der Waals surface area contributed by atoms with Crippen molar-refractivity contribution in [2.75, 3.05) is 12.8 Å². The molecule has 2 aromatic carbocycles. The second-order valence-corrected chi connectivity index (χ2v) is 13.2. The van der Waals surface area contributed by atoms with Crippen molar-refractivity contribution in [3.05, 3.63) is 42.0 Å². The second-order valence-electron chi connectivity index (χ2n) is 11.0. The molecular formula is C26H41O2P. The van der Waals surface area contributed by atoms with Crippen LogP contribution in [0, 0.1) is 16.2 Å². The first-order chi connectivity index (χ1) is 13.2. The van der Waals surface area contributed by atoms with Crippen molar-refractivity contribution in [2.45, 2.75) is 68.2 Å². The Balaban J connectivity index is 0.000000311. The van der Waals surface area contributed by atoms with Crippen LogP contribution in [0.15, 0.2) is 36.4 Å². The molecule has 0 aromatic heterocycles. The molecule has 0 saturated heterocycles. The van der Waals surface area contributed by atoms with Crippen LogP contribution >= 0.6 is 7.92 Å². The second kappa shape index (κ2) is 10.1. The predicted molar refractivity (Wildman–Crippen MR) is 131 cm³/mol. The van der Waals surface area contributed by atoms with Gasteiger partial charge in [-0.05, 0) is 66.9 Å². The summed E-state index contributed by atoms with van der Waals surface area (Å²) in [6, 6.07) is 12.6. The fourth-order valence-corrected chi connectivity index (χ4v) is 4.22. The smallest absolute Gasteiger partial charge is 0.141 e. The minimum atomic E-state index is -0.508. The quantitative estimate of drug-likeness (QED) is 0.397.